The van der Waals surface area contributed by atoms with Crippen LogP contribution in [-0.4, -0.2) is 9.78 Å². The quantitative estimate of drug-likeness (QED) is 0.812. The molecule has 0 fully saturated rings. The van der Waals surface area contributed by atoms with E-state index in [0.717, 1.165) is 22.3 Å². The maximum absolute atomic E-state index is 8.62. The number of fused-ring (bicyclic) bond motifs is 1. The summed E-state index contributed by atoms with van der Waals surface area (Å²) >= 11 is 0. The fourth-order valence-electron chi connectivity index (χ4n) is 1.67. The average molecular weight is 237 g/mol. The molecule has 0 aliphatic carbocycles. The molecule has 1 N–H and O–H groups in total. The Kier molecular flexibility index (Phi) is 2.99. The smallest absolute Gasteiger partial charge is 0.145 e. The predicted molar refractivity (Wildman–Crippen MR) is 68.4 cm³/mol. The number of nitriles is 2. The van der Waals surface area contributed by atoms with Crippen LogP contribution >= 0.6 is 0 Å². The second-order valence-electron chi connectivity index (χ2n) is 3.87. The van der Waals surface area contributed by atoms with Gasteiger partial charge in [0.1, 0.15) is 17.7 Å². The molecule has 5 heteroatoms. The van der Waals surface area contributed by atoms with Gasteiger partial charge in [0.15, 0.2) is 0 Å². The van der Waals surface area contributed by atoms with Gasteiger partial charge in [0.05, 0.1) is 5.52 Å². The summed E-state index contributed by atoms with van der Waals surface area (Å²) in [7, 11) is 1.89. The zero-order valence-corrected chi connectivity index (χ0v) is 10.1. The van der Waals surface area contributed by atoms with Crippen molar-refractivity contribution in [1.29, 1.82) is 10.5 Å². The first-order valence-corrected chi connectivity index (χ1v) is 5.36. The Hall–Kier alpha value is -2.79. The molecule has 1 aromatic carbocycles. The standard InChI is InChI=1S/C13H11N5/c1-9-12-4-3-11(5-13(12)17-18(9)2)16-8-10(6-14)7-15/h3-5,8,16H,1-2H3. The van der Waals surface area contributed by atoms with Crippen molar-refractivity contribution in [1.82, 2.24) is 9.78 Å². The van der Waals surface area contributed by atoms with Gasteiger partial charge in [0.2, 0.25) is 0 Å². The van der Waals surface area contributed by atoms with Crippen LogP contribution in [0.2, 0.25) is 0 Å². The Bertz CT molecular complexity index is 693. The second kappa shape index (κ2) is 4.60. The van der Waals surface area contributed by atoms with E-state index in [9.17, 15) is 0 Å². The van der Waals surface area contributed by atoms with Crippen LogP contribution in [0.1, 0.15) is 5.69 Å². The molecule has 1 heterocycles. The minimum absolute atomic E-state index is 0.0345. The van der Waals surface area contributed by atoms with Gasteiger partial charge in [0, 0.05) is 30.0 Å². The highest BCUT2D eigenvalue weighted by Gasteiger charge is 2.04. The number of aromatic nitrogens is 2. The molecular weight excluding hydrogens is 226 g/mol. The molecule has 0 unspecified atom stereocenters. The van der Waals surface area contributed by atoms with E-state index < -0.39 is 0 Å². The summed E-state index contributed by atoms with van der Waals surface area (Å²) in [5.74, 6) is 0. The lowest BCUT2D eigenvalue weighted by Crippen LogP contribution is -1.91. The molecule has 0 saturated carbocycles. The van der Waals surface area contributed by atoms with E-state index in [0.29, 0.717) is 0 Å². The van der Waals surface area contributed by atoms with Crippen LogP contribution < -0.4 is 5.32 Å². The van der Waals surface area contributed by atoms with Gasteiger partial charge < -0.3 is 5.32 Å². The van der Waals surface area contributed by atoms with Gasteiger partial charge in [-0.1, -0.05) is 0 Å². The van der Waals surface area contributed by atoms with Gasteiger partial charge in [-0.3, -0.25) is 4.68 Å². The van der Waals surface area contributed by atoms with E-state index in [1.54, 1.807) is 12.1 Å². The molecule has 88 valence electrons. The normalized spacial score (nSPS) is 9.56. The third-order valence-electron chi connectivity index (χ3n) is 2.75. The lowest BCUT2D eigenvalue weighted by molar-refractivity contribution is 0.751. The highest BCUT2D eigenvalue weighted by Crippen LogP contribution is 2.21. The highest BCUT2D eigenvalue weighted by atomic mass is 15.3. The Morgan fingerprint density at radius 2 is 2.11 bits per heavy atom. The lowest BCUT2D eigenvalue weighted by atomic mass is 10.2. The molecule has 0 aliphatic heterocycles. The topological polar surface area (TPSA) is 77.4 Å². The number of hydrogen-bond donors (Lipinski definition) is 1. The van der Waals surface area contributed by atoms with E-state index in [1.807, 2.05) is 36.9 Å². The van der Waals surface area contributed by atoms with Crippen LogP contribution in [0.15, 0.2) is 30.0 Å². The summed E-state index contributed by atoms with van der Waals surface area (Å²) in [6.07, 6.45) is 1.39. The van der Waals surface area contributed by atoms with Crippen LogP contribution in [-0.2, 0) is 7.05 Å². The SMILES string of the molecule is Cc1c2ccc(NC=C(C#N)C#N)cc2nn1C. The molecule has 0 aliphatic rings. The molecule has 0 bridgehead atoms. The monoisotopic (exact) mass is 237 g/mol. The van der Waals surface area contributed by atoms with E-state index in [1.165, 1.54) is 6.20 Å². The van der Waals surface area contributed by atoms with Crippen LogP contribution in [0.3, 0.4) is 0 Å². The predicted octanol–water partition coefficient (Wildman–Crippen LogP) is 2.22. The Labute approximate surface area is 105 Å². The van der Waals surface area contributed by atoms with Crippen molar-refractivity contribution in [3.05, 3.63) is 35.7 Å². The van der Waals surface area contributed by atoms with Crippen molar-refractivity contribution in [3.63, 3.8) is 0 Å². The second-order valence-corrected chi connectivity index (χ2v) is 3.87. The number of allylic oxidation sites excluding steroid dienone is 1. The molecule has 18 heavy (non-hydrogen) atoms. The summed E-state index contributed by atoms with van der Waals surface area (Å²) in [5, 5.41) is 25.6. The third kappa shape index (κ3) is 2.02. The fourth-order valence-corrected chi connectivity index (χ4v) is 1.67. The van der Waals surface area contributed by atoms with Gasteiger partial charge in [0.25, 0.3) is 0 Å². The summed E-state index contributed by atoms with van der Waals surface area (Å²) in [6, 6.07) is 9.31. The molecule has 2 aromatic rings. The van der Waals surface area contributed by atoms with Gasteiger partial charge in [-0.15, -0.1) is 0 Å². The molecule has 1 aromatic heterocycles. The fraction of sp³-hybridized carbons (Fsp3) is 0.154. The van der Waals surface area contributed by atoms with Crippen LogP contribution in [0, 0.1) is 29.6 Å². The van der Waals surface area contributed by atoms with Gasteiger partial charge in [-0.05, 0) is 25.1 Å². The molecule has 0 amide bonds. The maximum atomic E-state index is 8.62. The first-order chi connectivity index (χ1) is 8.65. The lowest BCUT2D eigenvalue weighted by Gasteiger charge is -1.99. The van der Waals surface area contributed by atoms with Crippen molar-refractivity contribution in [3.8, 4) is 12.1 Å². The molecular formula is C13H11N5. The zero-order chi connectivity index (χ0) is 13.1. The Balaban J connectivity index is 2.35. The molecule has 5 nitrogen and oxygen atoms in total. The van der Waals surface area contributed by atoms with Crippen LogP contribution in [0.4, 0.5) is 5.69 Å². The number of rotatable bonds is 2. The number of nitrogens with zero attached hydrogens (tertiary/aromatic N) is 4. The van der Waals surface area contributed by atoms with Gasteiger partial charge >= 0.3 is 0 Å². The summed E-state index contributed by atoms with van der Waals surface area (Å²) < 4.78 is 1.82. The maximum Gasteiger partial charge on any atom is 0.145 e. The van der Waals surface area contributed by atoms with E-state index >= 15 is 0 Å². The molecule has 0 saturated heterocycles. The van der Waals surface area contributed by atoms with Crippen molar-refractivity contribution in [2.45, 2.75) is 6.92 Å². The van der Waals surface area contributed by atoms with Crippen LogP contribution in [0.25, 0.3) is 10.9 Å². The number of aryl methyl sites for hydroxylation is 2. The number of anilines is 1. The largest absolute Gasteiger partial charge is 0.360 e. The molecule has 2 rings (SSSR count). The van der Waals surface area contributed by atoms with Gasteiger partial charge in [-0.25, -0.2) is 0 Å². The molecule has 0 spiro atoms. The number of nitrogens with one attached hydrogen (secondary N) is 1. The van der Waals surface area contributed by atoms with E-state index in [2.05, 4.69) is 10.4 Å². The van der Waals surface area contributed by atoms with Crippen molar-refractivity contribution in [2.24, 2.45) is 7.05 Å². The van der Waals surface area contributed by atoms with Crippen LogP contribution in [0.5, 0.6) is 0 Å². The molecule has 0 atom stereocenters. The summed E-state index contributed by atoms with van der Waals surface area (Å²) in [6.45, 7) is 2.01. The van der Waals surface area contributed by atoms with Crippen molar-refractivity contribution < 1.29 is 0 Å². The first-order valence-electron chi connectivity index (χ1n) is 5.36. The van der Waals surface area contributed by atoms with Crippen molar-refractivity contribution >= 4 is 16.6 Å². The zero-order valence-electron chi connectivity index (χ0n) is 10.1. The number of hydrogen-bond acceptors (Lipinski definition) is 4. The van der Waals surface area contributed by atoms with E-state index in [4.69, 9.17) is 10.5 Å². The Morgan fingerprint density at radius 1 is 1.39 bits per heavy atom. The van der Waals surface area contributed by atoms with E-state index in [-0.39, 0.29) is 5.57 Å². The summed E-state index contributed by atoms with van der Waals surface area (Å²) in [5.41, 5.74) is 2.81. The minimum Gasteiger partial charge on any atom is -0.360 e. The summed E-state index contributed by atoms with van der Waals surface area (Å²) in [4.78, 5) is 0. The first kappa shape index (κ1) is 11.7. The minimum atomic E-state index is 0.0345. The highest BCUT2D eigenvalue weighted by molar-refractivity contribution is 5.84. The Morgan fingerprint density at radius 3 is 2.78 bits per heavy atom. The van der Waals surface area contributed by atoms with Crippen molar-refractivity contribution in [2.75, 3.05) is 5.32 Å². The third-order valence-corrected chi connectivity index (χ3v) is 2.75. The number of benzene rings is 1. The van der Waals surface area contributed by atoms with Gasteiger partial charge in [-0.2, -0.15) is 15.6 Å². The average Bonchev–Trinajstić information content (AvgIpc) is 2.66. The molecule has 0 radical (unpaired) electrons.